The molecular weight excluding hydrogens is 356 g/mol. The van der Waals surface area contributed by atoms with E-state index in [1.165, 1.54) is 4.80 Å². The van der Waals surface area contributed by atoms with E-state index in [1.54, 1.807) is 11.1 Å². The highest BCUT2D eigenvalue weighted by molar-refractivity contribution is 6.34. The average molecular weight is 374 g/mol. The highest BCUT2D eigenvalue weighted by Crippen LogP contribution is 2.42. The molecule has 2 aromatic rings. The molecule has 3 aliphatic rings. The van der Waals surface area contributed by atoms with Crippen LogP contribution in [0.5, 0.6) is 0 Å². The molecule has 0 saturated carbocycles. The zero-order valence-electron chi connectivity index (χ0n) is 15.6. The molecule has 8 nitrogen and oxygen atoms in total. The van der Waals surface area contributed by atoms with Gasteiger partial charge in [0.25, 0.3) is 0 Å². The Labute approximate surface area is 161 Å². The SMILES string of the molecule is CC(C)C(C(=O)N1CC(C#N)C1)n1nc2c(n1)-c1ccnc3c1C(=CC3)C2=O. The van der Waals surface area contributed by atoms with E-state index in [1.807, 2.05) is 26.0 Å². The number of fused-ring (bicyclic) bond motifs is 2. The van der Waals surface area contributed by atoms with Crippen LogP contribution in [-0.2, 0) is 11.2 Å². The number of nitriles is 1. The van der Waals surface area contributed by atoms with Gasteiger partial charge in [-0.25, -0.2) is 0 Å². The monoisotopic (exact) mass is 374 g/mol. The lowest BCUT2D eigenvalue weighted by Gasteiger charge is -2.38. The fraction of sp³-hybridized carbons (Fsp3) is 0.400. The number of carbonyl (C=O) groups excluding carboxylic acids is 2. The number of ketones is 1. The number of aromatic nitrogens is 4. The third kappa shape index (κ3) is 2.19. The highest BCUT2D eigenvalue weighted by atomic mass is 16.2. The average Bonchev–Trinajstić information content (AvgIpc) is 3.24. The normalized spacial score (nSPS) is 18.3. The maximum absolute atomic E-state index is 13.0. The first-order chi connectivity index (χ1) is 13.5. The molecule has 0 bridgehead atoms. The van der Waals surface area contributed by atoms with Crippen LogP contribution in [0.15, 0.2) is 18.3 Å². The zero-order chi connectivity index (χ0) is 19.6. The Morgan fingerprint density at radius 2 is 2.04 bits per heavy atom. The summed E-state index contributed by atoms with van der Waals surface area (Å²) in [6.45, 7) is 4.73. The molecule has 1 atom stereocenters. The Balaban J connectivity index is 1.57. The molecule has 1 saturated heterocycles. The maximum Gasteiger partial charge on any atom is 0.249 e. The summed E-state index contributed by atoms with van der Waals surface area (Å²) in [6, 6.07) is 3.41. The van der Waals surface area contributed by atoms with Gasteiger partial charge in [0.15, 0.2) is 11.7 Å². The van der Waals surface area contributed by atoms with Crippen molar-refractivity contribution in [3.63, 3.8) is 0 Å². The van der Waals surface area contributed by atoms with Crippen molar-refractivity contribution in [2.75, 3.05) is 13.1 Å². The third-order valence-electron chi connectivity index (χ3n) is 5.65. The fourth-order valence-electron chi connectivity index (χ4n) is 4.15. The van der Waals surface area contributed by atoms with E-state index in [2.05, 4.69) is 21.3 Å². The van der Waals surface area contributed by atoms with Crippen LogP contribution in [0.2, 0.25) is 0 Å². The molecule has 0 radical (unpaired) electrons. The van der Waals surface area contributed by atoms with Crippen molar-refractivity contribution in [1.82, 2.24) is 24.9 Å². The Morgan fingerprint density at radius 3 is 2.75 bits per heavy atom. The summed E-state index contributed by atoms with van der Waals surface area (Å²) in [7, 11) is 0. The highest BCUT2D eigenvalue weighted by Gasteiger charge is 2.40. The molecule has 1 amide bonds. The molecule has 8 heteroatoms. The van der Waals surface area contributed by atoms with E-state index in [9.17, 15) is 9.59 Å². The van der Waals surface area contributed by atoms with Crippen LogP contribution in [0.4, 0.5) is 0 Å². The van der Waals surface area contributed by atoms with Crippen molar-refractivity contribution in [1.29, 1.82) is 5.26 Å². The summed E-state index contributed by atoms with van der Waals surface area (Å²) >= 11 is 0. The largest absolute Gasteiger partial charge is 0.338 e. The van der Waals surface area contributed by atoms with Crippen molar-refractivity contribution >= 4 is 17.3 Å². The molecule has 2 aliphatic carbocycles. The summed E-state index contributed by atoms with van der Waals surface area (Å²) in [4.78, 5) is 33.4. The molecule has 0 aromatic carbocycles. The first kappa shape index (κ1) is 16.8. The maximum atomic E-state index is 13.0. The first-order valence-corrected chi connectivity index (χ1v) is 9.38. The van der Waals surface area contributed by atoms with Crippen LogP contribution in [0, 0.1) is 23.2 Å². The number of Topliss-reactive ketones (excluding diaryl/α,β-unsaturated/α-hetero) is 1. The molecule has 0 spiro atoms. The van der Waals surface area contributed by atoms with Crippen LogP contribution in [0.1, 0.15) is 41.6 Å². The molecule has 5 rings (SSSR count). The van der Waals surface area contributed by atoms with Gasteiger partial charge in [0.1, 0.15) is 5.69 Å². The summed E-state index contributed by atoms with van der Waals surface area (Å²) in [5.74, 6) is -0.447. The van der Waals surface area contributed by atoms with Gasteiger partial charge in [-0.3, -0.25) is 14.6 Å². The van der Waals surface area contributed by atoms with Crippen LogP contribution >= 0.6 is 0 Å². The van der Waals surface area contributed by atoms with Crippen LogP contribution in [-0.4, -0.2) is 49.7 Å². The number of carbonyl (C=O) groups is 2. The minimum absolute atomic E-state index is 0.0621. The second-order valence-electron chi connectivity index (χ2n) is 7.81. The van der Waals surface area contributed by atoms with E-state index in [0.29, 0.717) is 30.8 Å². The molecule has 0 N–H and O–H groups in total. The Hall–Kier alpha value is -3.34. The van der Waals surface area contributed by atoms with E-state index in [0.717, 1.165) is 16.8 Å². The van der Waals surface area contributed by atoms with Crippen LogP contribution in [0.25, 0.3) is 16.8 Å². The van der Waals surface area contributed by atoms with Gasteiger partial charge >= 0.3 is 0 Å². The Bertz CT molecular complexity index is 1100. The van der Waals surface area contributed by atoms with Gasteiger partial charge in [-0.2, -0.15) is 15.2 Å². The van der Waals surface area contributed by atoms with E-state index in [-0.39, 0.29) is 29.2 Å². The third-order valence-corrected chi connectivity index (χ3v) is 5.65. The molecular formula is C20H18N6O2. The molecule has 1 aliphatic heterocycles. The fourth-order valence-corrected chi connectivity index (χ4v) is 4.15. The predicted molar refractivity (Wildman–Crippen MR) is 98.8 cm³/mol. The number of amides is 1. The Morgan fingerprint density at radius 1 is 1.29 bits per heavy atom. The molecule has 140 valence electrons. The molecule has 2 aromatic heterocycles. The number of rotatable bonds is 3. The van der Waals surface area contributed by atoms with Crippen molar-refractivity contribution in [2.24, 2.45) is 11.8 Å². The summed E-state index contributed by atoms with van der Waals surface area (Å²) in [5.41, 5.74) is 4.00. The lowest BCUT2D eigenvalue weighted by atomic mass is 9.89. The minimum atomic E-state index is -0.613. The van der Waals surface area contributed by atoms with Gasteiger partial charge in [-0.1, -0.05) is 19.9 Å². The topological polar surface area (TPSA) is 105 Å². The summed E-state index contributed by atoms with van der Waals surface area (Å²) in [6.07, 6.45) is 4.24. The molecule has 28 heavy (non-hydrogen) atoms. The number of hydrogen-bond acceptors (Lipinski definition) is 6. The number of pyridine rings is 1. The van der Waals surface area contributed by atoms with Crippen molar-refractivity contribution in [2.45, 2.75) is 26.3 Å². The standard InChI is InChI=1S/C20H18N6O2/c1-10(2)18(20(28)25-8-11(7-21)9-25)26-23-16-12-5-6-22-14-4-3-13(15(12)14)19(27)17(16)24-26/h3,5-6,10-11,18H,4,8-9H2,1-2H3. The van der Waals surface area contributed by atoms with Gasteiger partial charge < -0.3 is 4.90 Å². The summed E-state index contributed by atoms with van der Waals surface area (Å²) in [5, 5.41) is 18.0. The van der Waals surface area contributed by atoms with Crippen LogP contribution in [0.3, 0.4) is 0 Å². The second-order valence-corrected chi connectivity index (χ2v) is 7.81. The van der Waals surface area contributed by atoms with Crippen LogP contribution < -0.4 is 0 Å². The van der Waals surface area contributed by atoms with Gasteiger partial charge in [0, 0.05) is 42.4 Å². The van der Waals surface area contributed by atoms with Crippen molar-refractivity contribution < 1.29 is 9.59 Å². The zero-order valence-corrected chi connectivity index (χ0v) is 15.6. The van der Waals surface area contributed by atoms with Crippen molar-refractivity contribution in [3.8, 4) is 17.3 Å². The number of hydrogen-bond donors (Lipinski definition) is 0. The first-order valence-electron chi connectivity index (χ1n) is 9.38. The predicted octanol–water partition coefficient (Wildman–Crippen LogP) is 1.65. The van der Waals surface area contributed by atoms with E-state index >= 15 is 0 Å². The van der Waals surface area contributed by atoms with Gasteiger partial charge in [0.2, 0.25) is 11.7 Å². The van der Waals surface area contributed by atoms with Gasteiger partial charge in [-0.05, 0) is 12.0 Å². The number of likely N-dealkylation sites (tertiary alicyclic amines) is 1. The number of nitrogens with zero attached hydrogens (tertiary/aromatic N) is 6. The number of allylic oxidation sites excluding steroid dienone is 2. The van der Waals surface area contributed by atoms with Gasteiger partial charge in [-0.15, -0.1) is 5.10 Å². The molecule has 1 fully saturated rings. The lowest BCUT2D eigenvalue weighted by Crippen LogP contribution is -2.52. The van der Waals surface area contributed by atoms with Gasteiger partial charge in [0.05, 0.1) is 17.7 Å². The smallest absolute Gasteiger partial charge is 0.249 e. The summed E-state index contributed by atoms with van der Waals surface area (Å²) < 4.78 is 0. The molecule has 3 heterocycles. The van der Waals surface area contributed by atoms with E-state index < -0.39 is 6.04 Å². The van der Waals surface area contributed by atoms with Crippen molar-refractivity contribution in [3.05, 3.63) is 35.3 Å². The Kier molecular flexibility index (Phi) is 3.50. The van der Waals surface area contributed by atoms with E-state index in [4.69, 9.17) is 5.26 Å². The quantitative estimate of drug-likeness (QED) is 0.809. The second kappa shape index (κ2) is 5.83. The lowest BCUT2D eigenvalue weighted by molar-refractivity contribution is -0.142. The minimum Gasteiger partial charge on any atom is -0.338 e. The molecule has 1 unspecified atom stereocenters.